The molecule has 1 fully saturated rings. The van der Waals surface area contributed by atoms with Gasteiger partial charge in [-0.15, -0.1) is 0 Å². The van der Waals surface area contributed by atoms with Gasteiger partial charge >= 0.3 is 0 Å². The number of ether oxygens (including phenoxy) is 2. The summed E-state index contributed by atoms with van der Waals surface area (Å²) in [4.78, 5) is 10.1. The fourth-order valence-electron chi connectivity index (χ4n) is 1.51. The molecule has 0 N–H and O–H groups in total. The van der Waals surface area contributed by atoms with Crippen molar-refractivity contribution in [2.45, 2.75) is 12.7 Å². The summed E-state index contributed by atoms with van der Waals surface area (Å²) in [6, 6.07) is 7.68. The lowest BCUT2D eigenvalue weighted by Gasteiger charge is -2.08. The first kappa shape index (κ1) is 10.9. The summed E-state index contributed by atoms with van der Waals surface area (Å²) in [5.74, 6) is 5.69. The Hall–Kier alpha value is -1.63. The first-order valence-electron chi connectivity index (χ1n) is 5.16. The molecule has 1 aromatic rings. The highest BCUT2D eigenvalue weighted by molar-refractivity contribution is 5.55. The van der Waals surface area contributed by atoms with Gasteiger partial charge in [0.1, 0.15) is 6.29 Å². The van der Waals surface area contributed by atoms with Gasteiger partial charge in [0.05, 0.1) is 19.6 Å². The maximum atomic E-state index is 10.1. The SMILES string of the molecule is O=CCC#Cc1cccc(C2OCCO2)c1. The monoisotopic (exact) mass is 216 g/mol. The molecule has 1 heterocycles. The molecule has 82 valence electrons. The Bertz CT molecular complexity index is 422. The fraction of sp³-hybridized carbons (Fsp3) is 0.308. The molecule has 3 nitrogen and oxygen atoms in total. The van der Waals surface area contributed by atoms with E-state index in [1.165, 1.54) is 0 Å². The molecule has 0 bridgehead atoms. The molecule has 3 heteroatoms. The van der Waals surface area contributed by atoms with Crippen LogP contribution < -0.4 is 0 Å². The van der Waals surface area contributed by atoms with Crippen LogP contribution in [0, 0.1) is 11.8 Å². The lowest BCUT2D eigenvalue weighted by Crippen LogP contribution is -1.97. The zero-order chi connectivity index (χ0) is 11.2. The zero-order valence-electron chi connectivity index (χ0n) is 8.81. The average molecular weight is 216 g/mol. The minimum atomic E-state index is -0.271. The third kappa shape index (κ3) is 2.69. The van der Waals surface area contributed by atoms with E-state index in [1.807, 2.05) is 24.3 Å². The van der Waals surface area contributed by atoms with Gasteiger partial charge in [-0.25, -0.2) is 0 Å². The highest BCUT2D eigenvalue weighted by Gasteiger charge is 2.17. The summed E-state index contributed by atoms with van der Waals surface area (Å²) in [5, 5.41) is 0. The number of hydrogen-bond donors (Lipinski definition) is 0. The summed E-state index contributed by atoms with van der Waals surface area (Å²) >= 11 is 0. The fourth-order valence-corrected chi connectivity index (χ4v) is 1.51. The van der Waals surface area contributed by atoms with Gasteiger partial charge in [0, 0.05) is 11.1 Å². The Labute approximate surface area is 94.4 Å². The summed E-state index contributed by atoms with van der Waals surface area (Å²) in [5.41, 5.74) is 1.84. The molecule has 1 saturated heterocycles. The van der Waals surface area contributed by atoms with Crippen molar-refractivity contribution in [3.63, 3.8) is 0 Å². The van der Waals surface area contributed by atoms with Crippen LogP contribution in [-0.2, 0) is 14.3 Å². The van der Waals surface area contributed by atoms with Crippen LogP contribution in [0.3, 0.4) is 0 Å². The average Bonchev–Trinajstić information content (AvgIpc) is 2.83. The predicted molar refractivity (Wildman–Crippen MR) is 58.6 cm³/mol. The van der Waals surface area contributed by atoms with Gasteiger partial charge in [-0.05, 0) is 12.1 Å². The van der Waals surface area contributed by atoms with Crippen LogP contribution in [-0.4, -0.2) is 19.5 Å². The number of benzene rings is 1. The van der Waals surface area contributed by atoms with Gasteiger partial charge in [-0.3, -0.25) is 0 Å². The first-order valence-corrected chi connectivity index (χ1v) is 5.16. The number of aldehydes is 1. The summed E-state index contributed by atoms with van der Waals surface area (Å²) in [6.45, 7) is 1.26. The highest BCUT2D eigenvalue weighted by atomic mass is 16.7. The van der Waals surface area contributed by atoms with Gasteiger partial charge in [0.2, 0.25) is 0 Å². The van der Waals surface area contributed by atoms with E-state index in [-0.39, 0.29) is 12.7 Å². The lowest BCUT2D eigenvalue weighted by atomic mass is 10.1. The molecule has 2 rings (SSSR count). The molecule has 1 aliphatic rings. The van der Waals surface area contributed by atoms with Crippen LogP contribution >= 0.6 is 0 Å². The largest absolute Gasteiger partial charge is 0.346 e. The second-order valence-corrected chi connectivity index (χ2v) is 3.37. The van der Waals surface area contributed by atoms with Gasteiger partial charge in [0.25, 0.3) is 0 Å². The number of carbonyl (C=O) groups is 1. The maximum absolute atomic E-state index is 10.1. The predicted octanol–water partition coefficient (Wildman–Crippen LogP) is 1.67. The standard InChI is InChI=1S/C13H12O3/c14-7-2-1-4-11-5-3-6-12(10-11)13-15-8-9-16-13/h3,5-7,10,13H,2,8-9H2. The molecule has 1 aliphatic heterocycles. The minimum absolute atomic E-state index is 0.265. The van der Waals surface area contributed by atoms with Crippen molar-refractivity contribution in [1.29, 1.82) is 0 Å². The summed E-state index contributed by atoms with van der Waals surface area (Å²) in [6.07, 6.45) is 0.786. The molecular formula is C13H12O3. The molecular weight excluding hydrogens is 204 g/mol. The molecule has 0 radical (unpaired) electrons. The third-order valence-electron chi connectivity index (χ3n) is 2.20. The summed E-state index contributed by atoms with van der Waals surface area (Å²) < 4.78 is 10.8. The van der Waals surface area contributed by atoms with Crippen LogP contribution in [0.25, 0.3) is 0 Å². The maximum Gasteiger partial charge on any atom is 0.184 e. The first-order chi connectivity index (χ1) is 7.90. The van der Waals surface area contributed by atoms with E-state index in [0.29, 0.717) is 13.2 Å². The van der Waals surface area contributed by atoms with Crippen molar-refractivity contribution >= 4 is 6.29 Å². The van der Waals surface area contributed by atoms with E-state index in [9.17, 15) is 4.79 Å². The Morgan fingerprint density at radius 1 is 1.38 bits per heavy atom. The van der Waals surface area contributed by atoms with Crippen molar-refractivity contribution in [1.82, 2.24) is 0 Å². The van der Waals surface area contributed by atoms with Crippen LogP contribution in [0.4, 0.5) is 0 Å². The van der Waals surface area contributed by atoms with E-state index >= 15 is 0 Å². The normalized spacial score (nSPS) is 15.5. The molecule has 0 spiro atoms. The van der Waals surface area contributed by atoms with E-state index in [4.69, 9.17) is 9.47 Å². The molecule has 0 aromatic heterocycles. The van der Waals surface area contributed by atoms with Crippen molar-refractivity contribution in [2.24, 2.45) is 0 Å². The lowest BCUT2D eigenvalue weighted by molar-refractivity contribution is -0.107. The number of carbonyl (C=O) groups excluding carboxylic acids is 1. The second kappa shape index (κ2) is 5.45. The van der Waals surface area contributed by atoms with Crippen LogP contribution in [0.1, 0.15) is 23.8 Å². The Morgan fingerprint density at radius 2 is 2.19 bits per heavy atom. The highest BCUT2D eigenvalue weighted by Crippen LogP contribution is 2.23. The Balaban J connectivity index is 2.13. The van der Waals surface area contributed by atoms with E-state index < -0.39 is 0 Å². The molecule has 1 aromatic carbocycles. The van der Waals surface area contributed by atoms with E-state index in [1.54, 1.807) is 0 Å². The Morgan fingerprint density at radius 3 is 2.94 bits per heavy atom. The van der Waals surface area contributed by atoms with Crippen molar-refractivity contribution < 1.29 is 14.3 Å². The van der Waals surface area contributed by atoms with Crippen molar-refractivity contribution in [2.75, 3.05) is 13.2 Å². The molecule has 16 heavy (non-hydrogen) atoms. The smallest absolute Gasteiger partial charge is 0.184 e. The molecule has 0 amide bonds. The number of hydrogen-bond acceptors (Lipinski definition) is 3. The Kier molecular flexibility index (Phi) is 3.71. The van der Waals surface area contributed by atoms with Gasteiger partial charge < -0.3 is 14.3 Å². The number of rotatable bonds is 2. The molecule has 0 unspecified atom stereocenters. The van der Waals surface area contributed by atoms with Gasteiger partial charge in [-0.2, -0.15) is 0 Å². The van der Waals surface area contributed by atoms with Gasteiger partial charge in [-0.1, -0.05) is 24.0 Å². The van der Waals surface area contributed by atoms with E-state index in [0.717, 1.165) is 17.4 Å². The zero-order valence-corrected chi connectivity index (χ0v) is 8.81. The topological polar surface area (TPSA) is 35.5 Å². The minimum Gasteiger partial charge on any atom is -0.346 e. The van der Waals surface area contributed by atoms with Crippen LogP contribution in [0.2, 0.25) is 0 Å². The van der Waals surface area contributed by atoms with Gasteiger partial charge in [0.15, 0.2) is 6.29 Å². The third-order valence-corrected chi connectivity index (χ3v) is 2.20. The van der Waals surface area contributed by atoms with Crippen LogP contribution in [0.5, 0.6) is 0 Å². The molecule has 0 aliphatic carbocycles. The van der Waals surface area contributed by atoms with Crippen molar-refractivity contribution in [3.05, 3.63) is 35.4 Å². The van der Waals surface area contributed by atoms with Crippen molar-refractivity contribution in [3.8, 4) is 11.8 Å². The quantitative estimate of drug-likeness (QED) is 0.557. The molecule has 0 saturated carbocycles. The molecule has 0 atom stereocenters. The van der Waals surface area contributed by atoms with E-state index in [2.05, 4.69) is 11.8 Å². The second-order valence-electron chi connectivity index (χ2n) is 3.37. The summed E-state index contributed by atoms with van der Waals surface area (Å²) in [7, 11) is 0. The van der Waals surface area contributed by atoms with Crippen LogP contribution in [0.15, 0.2) is 24.3 Å².